The molecule has 2 rings (SSSR count). The number of nitrogens with zero attached hydrogens (tertiary/aromatic N) is 3. The van der Waals surface area contributed by atoms with Crippen molar-refractivity contribution in [1.29, 1.82) is 0 Å². The molecule has 0 saturated heterocycles. The molecule has 0 aliphatic carbocycles. The van der Waals surface area contributed by atoms with E-state index in [-0.39, 0.29) is 17.7 Å². The Hall–Kier alpha value is -2.64. The van der Waals surface area contributed by atoms with Crippen molar-refractivity contribution in [2.75, 3.05) is 12.4 Å². The van der Waals surface area contributed by atoms with E-state index in [2.05, 4.69) is 20.5 Å². The van der Waals surface area contributed by atoms with Crippen molar-refractivity contribution in [2.45, 2.75) is 6.92 Å². The summed E-state index contributed by atoms with van der Waals surface area (Å²) in [6.07, 6.45) is 1.60. The highest BCUT2D eigenvalue weighted by Crippen LogP contribution is 2.11. The van der Waals surface area contributed by atoms with Gasteiger partial charge in [0.25, 0.3) is 5.91 Å². The second kappa shape index (κ2) is 4.92. The average molecular weight is 263 g/mol. The van der Waals surface area contributed by atoms with Crippen LogP contribution < -0.4 is 10.1 Å². The van der Waals surface area contributed by atoms with E-state index < -0.39 is 5.91 Å². The third-order valence-corrected chi connectivity index (χ3v) is 2.52. The van der Waals surface area contributed by atoms with E-state index in [1.165, 1.54) is 20.1 Å². The van der Waals surface area contributed by atoms with Gasteiger partial charge in [0, 0.05) is 18.8 Å². The Balaban J connectivity index is 2.17. The second-order valence-electron chi connectivity index (χ2n) is 3.91. The van der Waals surface area contributed by atoms with Crippen molar-refractivity contribution in [3.8, 4) is 6.01 Å². The standard InChI is InChI=1S/C11H13N5O3/c1-6(17)7-4-8(16(2)5-7)9(18)12-10-13-11(19-3)15-14-10/h4-5H,1-3H3,(H2,12,13,14,15,18). The number of aromatic nitrogens is 4. The highest BCUT2D eigenvalue weighted by Gasteiger charge is 2.15. The van der Waals surface area contributed by atoms with Crippen molar-refractivity contribution in [3.63, 3.8) is 0 Å². The third-order valence-electron chi connectivity index (χ3n) is 2.52. The predicted molar refractivity (Wildman–Crippen MR) is 66.3 cm³/mol. The molecule has 0 saturated carbocycles. The molecule has 19 heavy (non-hydrogen) atoms. The minimum Gasteiger partial charge on any atom is -0.466 e. The van der Waals surface area contributed by atoms with Crippen molar-refractivity contribution in [2.24, 2.45) is 7.05 Å². The normalized spacial score (nSPS) is 10.3. The lowest BCUT2D eigenvalue weighted by molar-refractivity contribution is 0.101. The van der Waals surface area contributed by atoms with Gasteiger partial charge in [0.05, 0.1) is 7.11 Å². The number of ether oxygens (including phenoxy) is 1. The molecule has 100 valence electrons. The number of nitrogens with one attached hydrogen (secondary N) is 2. The number of methoxy groups -OCH3 is 1. The largest absolute Gasteiger partial charge is 0.466 e. The van der Waals surface area contributed by atoms with Gasteiger partial charge < -0.3 is 9.30 Å². The van der Waals surface area contributed by atoms with Gasteiger partial charge in [0.2, 0.25) is 5.95 Å². The summed E-state index contributed by atoms with van der Waals surface area (Å²) in [5, 5.41) is 8.74. The third kappa shape index (κ3) is 2.62. The number of ketones is 1. The summed E-state index contributed by atoms with van der Waals surface area (Å²) in [5.41, 5.74) is 0.823. The average Bonchev–Trinajstić information content (AvgIpc) is 2.95. The number of hydrogen-bond acceptors (Lipinski definition) is 5. The lowest BCUT2D eigenvalue weighted by Gasteiger charge is -2.01. The Bertz CT molecular complexity index is 628. The lowest BCUT2D eigenvalue weighted by Crippen LogP contribution is -2.16. The highest BCUT2D eigenvalue weighted by atomic mass is 16.5. The summed E-state index contributed by atoms with van der Waals surface area (Å²) < 4.78 is 6.36. The van der Waals surface area contributed by atoms with Gasteiger partial charge in [-0.15, -0.1) is 5.10 Å². The van der Waals surface area contributed by atoms with E-state index in [0.29, 0.717) is 11.3 Å². The monoisotopic (exact) mass is 263 g/mol. The number of Topliss-reactive ketones (excluding diaryl/α,β-unsaturated/α-hetero) is 1. The first-order valence-corrected chi connectivity index (χ1v) is 5.46. The Morgan fingerprint density at radius 1 is 1.47 bits per heavy atom. The number of H-pyrrole nitrogens is 1. The minimum absolute atomic E-state index is 0.101. The van der Waals surface area contributed by atoms with Crippen LogP contribution in [0.2, 0.25) is 0 Å². The lowest BCUT2D eigenvalue weighted by atomic mass is 10.2. The molecular weight excluding hydrogens is 250 g/mol. The fraction of sp³-hybridized carbons (Fsp3) is 0.273. The summed E-state index contributed by atoms with van der Waals surface area (Å²) in [6.45, 7) is 1.44. The number of carbonyl (C=O) groups excluding carboxylic acids is 2. The molecule has 0 unspecified atom stereocenters. The van der Waals surface area contributed by atoms with E-state index in [4.69, 9.17) is 4.74 Å². The first kappa shape index (κ1) is 12.8. The summed E-state index contributed by atoms with van der Waals surface area (Å²) in [5.74, 6) is -0.322. The van der Waals surface area contributed by atoms with Crippen LogP contribution in [-0.2, 0) is 7.05 Å². The number of rotatable bonds is 4. The molecule has 2 aromatic heterocycles. The molecular formula is C11H13N5O3. The Morgan fingerprint density at radius 3 is 2.74 bits per heavy atom. The molecule has 0 aliphatic rings. The molecule has 1 amide bonds. The number of carbonyl (C=O) groups is 2. The number of amides is 1. The van der Waals surface area contributed by atoms with Crippen LogP contribution in [0, 0.1) is 0 Å². The SMILES string of the molecule is COc1n[nH]c(NC(=O)c2cc(C(C)=O)cn2C)n1. The Kier molecular flexibility index (Phi) is 3.32. The quantitative estimate of drug-likeness (QED) is 0.787. The van der Waals surface area contributed by atoms with E-state index in [1.807, 2.05) is 0 Å². The molecule has 8 nitrogen and oxygen atoms in total. The first-order chi connectivity index (χ1) is 9.01. The number of hydrogen-bond donors (Lipinski definition) is 2. The van der Waals surface area contributed by atoms with E-state index >= 15 is 0 Å². The summed E-state index contributed by atoms with van der Waals surface area (Å²) in [6, 6.07) is 1.65. The second-order valence-corrected chi connectivity index (χ2v) is 3.91. The minimum atomic E-state index is -0.395. The maximum absolute atomic E-state index is 12.0. The van der Waals surface area contributed by atoms with Gasteiger partial charge in [-0.1, -0.05) is 0 Å². The first-order valence-electron chi connectivity index (χ1n) is 5.46. The van der Waals surface area contributed by atoms with Crippen LogP contribution in [0.3, 0.4) is 0 Å². The zero-order valence-electron chi connectivity index (χ0n) is 10.7. The van der Waals surface area contributed by atoms with Crippen molar-refractivity contribution < 1.29 is 14.3 Å². The summed E-state index contributed by atoms with van der Waals surface area (Å²) >= 11 is 0. The molecule has 8 heteroatoms. The van der Waals surface area contributed by atoms with Gasteiger partial charge in [-0.3, -0.25) is 14.9 Å². The van der Waals surface area contributed by atoms with Crippen LogP contribution in [0.4, 0.5) is 5.95 Å². The van der Waals surface area contributed by atoms with Crippen LogP contribution in [0.1, 0.15) is 27.8 Å². The van der Waals surface area contributed by atoms with Gasteiger partial charge in [0.15, 0.2) is 5.78 Å². The molecule has 2 heterocycles. The summed E-state index contributed by atoms with van der Waals surface area (Å²) in [7, 11) is 3.10. The van der Waals surface area contributed by atoms with Crippen molar-refractivity contribution in [1.82, 2.24) is 19.7 Å². The van der Waals surface area contributed by atoms with Gasteiger partial charge >= 0.3 is 6.01 Å². The smallest absolute Gasteiger partial charge is 0.336 e. The molecule has 0 aliphatic heterocycles. The molecule has 2 aromatic rings. The fourth-order valence-corrected chi connectivity index (χ4v) is 1.55. The molecule has 0 fully saturated rings. The van der Waals surface area contributed by atoms with Crippen LogP contribution in [-0.4, -0.2) is 38.5 Å². The summed E-state index contributed by atoms with van der Waals surface area (Å²) in [4.78, 5) is 27.1. The van der Waals surface area contributed by atoms with Crippen molar-refractivity contribution >= 4 is 17.6 Å². The molecule has 0 radical (unpaired) electrons. The van der Waals surface area contributed by atoms with Crippen LogP contribution >= 0.6 is 0 Å². The zero-order chi connectivity index (χ0) is 14.0. The Morgan fingerprint density at radius 2 is 2.21 bits per heavy atom. The highest BCUT2D eigenvalue weighted by molar-refractivity contribution is 6.04. The van der Waals surface area contributed by atoms with E-state index in [0.717, 1.165) is 0 Å². The van der Waals surface area contributed by atoms with E-state index in [9.17, 15) is 9.59 Å². The van der Waals surface area contributed by atoms with Crippen molar-refractivity contribution in [3.05, 3.63) is 23.5 Å². The molecule has 0 spiro atoms. The molecule has 2 N–H and O–H groups in total. The van der Waals surface area contributed by atoms with Crippen LogP contribution in [0.25, 0.3) is 0 Å². The van der Waals surface area contributed by atoms with E-state index in [1.54, 1.807) is 17.8 Å². The van der Waals surface area contributed by atoms with Crippen LogP contribution in [0.15, 0.2) is 12.3 Å². The number of aryl methyl sites for hydroxylation is 1. The molecule has 0 atom stereocenters. The van der Waals surface area contributed by atoms with Gasteiger partial charge in [-0.05, 0) is 13.0 Å². The predicted octanol–water partition coefficient (Wildman–Crippen LogP) is 0.607. The zero-order valence-corrected chi connectivity index (χ0v) is 10.7. The maximum atomic E-state index is 12.0. The van der Waals surface area contributed by atoms with Gasteiger partial charge in [-0.2, -0.15) is 4.98 Å². The number of anilines is 1. The van der Waals surface area contributed by atoms with Gasteiger partial charge in [-0.25, -0.2) is 5.10 Å². The Labute approximate surface area is 108 Å². The number of aromatic amines is 1. The topological polar surface area (TPSA) is 102 Å². The molecule has 0 aromatic carbocycles. The van der Waals surface area contributed by atoms with Gasteiger partial charge in [0.1, 0.15) is 5.69 Å². The molecule has 0 bridgehead atoms. The maximum Gasteiger partial charge on any atom is 0.336 e. The fourth-order valence-electron chi connectivity index (χ4n) is 1.55. The van der Waals surface area contributed by atoms with Crippen LogP contribution in [0.5, 0.6) is 6.01 Å².